The lowest BCUT2D eigenvalue weighted by Gasteiger charge is -2.03. The highest BCUT2D eigenvalue weighted by Gasteiger charge is 2.28. The van der Waals surface area contributed by atoms with Gasteiger partial charge in [-0.25, -0.2) is 0 Å². The van der Waals surface area contributed by atoms with Crippen molar-refractivity contribution in [3.63, 3.8) is 0 Å². The molecule has 8 nitrogen and oxygen atoms in total. The number of carbonyl (C=O) groups excluding carboxylic acids is 3. The largest absolute Gasteiger partial charge is 0.542 e. The van der Waals surface area contributed by atoms with Crippen LogP contribution in [0, 0.1) is 0 Å². The molecular weight excluding hydrogens is 347 g/mol. The zero-order valence-electron chi connectivity index (χ0n) is 13.6. The van der Waals surface area contributed by atoms with E-state index < -0.39 is 12.1 Å². The number of nitrogens with zero attached hydrogens (tertiary/aromatic N) is 2. The van der Waals surface area contributed by atoms with Crippen LogP contribution in [0.1, 0.15) is 30.1 Å². The Morgan fingerprint density at radius 3 is 2.36 bits per heavy atom. The summed E-state index contributed by atoms with van der Waals surface area (Å²) in [6.07, 6.45) is -0.931. The van der Waals surface area contributed by atoms with Crippen molar-refractivity contribution in [1.82, 2.24) is 10.4 Å². The number of hydrogen-bond donors (Lipinski definition) is 1. The Morgan fingerprint density at radius 1 is 1.36 bits per heavy atom. The molecule has 25 heavy (non-hydrogen) atoms. The fourth-order valence-corrected chi connectivity index (χ4v) is 1.40. The molecule has 0 aliphatic rings. The van der Waals surface area contributed by atoms with Gasteiger partial charge in [-0.05, 0) is 12.0 Å². The van der Waals surface area contributed by atoms with Gasteiger partial charge in [0.25, 0.3) is 5.91 Å². The van der Waals surface area contributed by atoms with E-state index in [1.807, 2.05) is 6.92 Å². The van der Waals surface area contributed by atoms with Gasteiger partial charge in [-0.2, -0.15) is 13.2 Å². The standard InChI is InChI=1S/C12H17N3O3.C2HF3O2/c1-3-13-12(17)10-6-8-15(14-9-10)7-4-5-11(16)18-2;3-2(4,5)1(6)7/h6,8-9H,3-5,7H2,1-2H3;(H,6,7). The summed E-state index contributed by atoms with van der Waals surface area (Å²) >= 11 is 0. The highest BCUT2D eigenvalue weighted by molar-refractivity contribution is 5.93. The van der Waals surface area contributed by atoms with Crippen LogP contribution in [0.5, 0.6) is 0 Å². The SMILES string of the molecule is CCNC(=O)c1cc[n+](CCCC(=O)OC)nc1.O=C([O-])C(F)(F)F. The van der Waals surface area contributed by atoms with Crippen LogP contribution in [0.4, 0.5) is 13.2 Å². The van der Waals surface area contributed by atoms with Crippen LogP contribution >= 0.6 is 0 Å². The van der Waals surface area contributed by atoms with Crippen molar-refractivity contribution in [2.75, 3.05) is 13.7 Å². The van der Waals surface area contributed by atoms with Crippen LogP contribution in [-0.4, -0.2) is 42.8 Å². The number of methoxy groups -OCH3 is 1. The molecule has 0 aromatic carbocycles. The summed E-state index contributed by atoms with van der Waals surface area (Å²) in [5, 5.41) is 15.6. The van der Waals surface area contributed by atoms with Crippen molar-refractivity contribution < 1.29 is 42.1 Å². The number of amides is 1. The van der Waals surface area contributed by atoms with Gasteiger partial charge in [0.1, 0.15) is 12.2 Å². The molecule has 0 aliphatic carbocycles. The molecule has 0 saturated carbocycles. The number of aromatic nitrogens is 2. The fourth-order valence-electron chi connectivity index (χ4n) is 1.40. The first kappa shape index (κ1) is 22.3. The van der Waals surface area contributed by atoms with E-state index >= 15 is 0 Å². The Balaban J connectivity index is 0.000000697. The van der Waals surface area contributed by atoms with Crippen molar-refractivity contribution >= 4 is 17.8 Å². The second-order valence-electron chi connectivity index (χ2n) is 4.50. The number of esters is 1. The van der Waals surface area contributed by atoms with Crippen LogP contribution in [0.3, 0.4) is 0 Å². The van der Waals surface area contributed by atoms with E-state index in [2.05, 4.69) is 15.2 Å². The zero-order valence-corrected chi connectivity index (χ0v) is 13.6. The number of rotatable bonds is 6. The molecule has 0 saturated heterocycles. The quantitative estimate of drug-likeness (QED) is 0.531. The lowest BCUT2D eigenvalue weighted by atomic mass is 10.3. The fraction of sp³-hybridized carbons (Fsp3) is 0.500. The molecule has 0 fully saturated rings. The van der Waals surface area contributed by atoms with Gasteiger partial charge in [0, 0.05) is 19.0 Å². The topological polar surface area (TPSA) is 112 Å². The highest BCUT2D eigenvalue weighted by atomic mass is 19.4. The number of hydrogen-bond acceptors (Lipinski definition) is 6. The molecule has 11 heteroatoms. The van der Waals surface area contributed by atoms with E-state index in [-0.39, 0.29) is 11.9 Å². The minimum atomic E-state index is -5.19. The van der Waals surface area contributed by atoms with E-state index in [1.54, 1.807) is 16.9 Å². The number of carbonyl (C=O) groups is 3. The average molecular weight is 365 g/mol. The van der Waals surface area contributed by atoms with Crippen molar-refractivity contribution in [1.29, 1.82) is 0 Å². The molecule has 1 heterocycles. The highest BCUT2D eigenvalue weighted by Crippen LogP contribution is 2.11. The Labute approximate surface area is 141 Å². The van der Waals surface area contributed by atoms with Gasteiger partial charge in [-0.1, -0.05) is 4.68 Å². The Hall–Kier alpha value is -2.72. The van der Waals surface area contributed by atoms with Gasteiger partial charge >= 0.3 is 12.1 Å². The lowest BCUT2D eigenvalue weighted by molar-refractivity contribution is -0.754. The van der Waals surface area contributed by atoms with Gasteiger partial charge in [-0.3, -0.25) is 9.59 Å². The smallest absolute Gasteiger partial charge is 0.430 e. The molecule has 0 radical (unpaired) electrons. The third-order valence-electron chi connectivity index (χ3n) is 2.60. The molecule has 1 aromatic heterocycles. The summed E-state index contributed by atoms with van der Waals surface area (Å²) in [5.41, 5.74) is 0.529. The number of ether oxygens (including phenoxy) is 1. The normalized spacial score (nSPS) is 10.3. The van der Waals surface area contributed by atoms with Gasteiger partial charge < -0.3 is 20.0 Å². The van der Waals surface area contributed by atoms with Crippen LogP contribution in [0.15, 0.2) is 18.5 Å². The van der Waals surface area contributed by atoms with Gasteiger partial charge in [0.15, 0.2) is 12.7 Å². The second-order valence-corrected chi connectivity index (χ2v) is 4.50. The first-order valence-corrected chi connectivity index (χ1v) is 7.10. The maximum Gasteiger partial charge on any atom is 0.430 e. The maximum absolute atomic E-state index is 11.5. The molecule has 1 N–H and O–H groups in total. The van der Waals surface area contributed by atoms with Crippen molar-refractivity contribution in [2.45, 2.75) is 32.5 Å². The molecule has 0 spiro atoms. The number of carboxylic acids is 1. The van der Waals surface area contributed by atoms with E-state index in [9.17, 15) is 22.8 Å². The molecule has 0 unspecified atom stereocenters. The van der Waals surface area contributed by atoms with Crippen molar-refractivity contribution in [2.24, 2.45) is 0 Å². The molecule has 0 aliphatic heterocycles. The second kappa shape index (κ2) is 10.9. The third-order valence-corrected chi connectivity index (χ3v) is 2.60. The summed E-state index contributed by atoms with van der Waals surface area (Å²) in [5.74, 6) is -3.37. The molecule has 1 rings (SSSR count). The van der Waals surface area contributed by atoms with Crippen LogP contribution < -0.4 is 15.1 Å². The number of aryl methyl sites for hydroxylation is 1. The molecule has 0 bridgehead atoms. The maximum atomic E-state index is 11.5. The molecular formula is C14H18F3N3O5. The summed E-state index contributed by atoms with van der Waals surface area (Å²) in [6.45, 7) is 3.07. The molecule has 140 valence electrons. The van der Waals surface area contributed by atoms with Crippen molar-refractivity contribution in [3.8, 4) is 0 Å². The Kier molecular flexibility index (Phi) is 9.75. The summed E-state index contributed by atoms with van der Waals surface area (Å²) < 4.78 is 37.8. The summed E-state index contributed by atoms with van der Waals surface area (Å²) in [7, 11) is 1.37. The van der Waals surface area contributed by atoms with E-state index in [0.717, 1.165) is 0 Å². The first-order chi connectivity index (χ1) is 11.6. The Morgan fingerprint density at radius 2 is 1.96 bits per heavy atom. The van der Waals surface area contributed by atoms with Crippen LogP contribution in [0.2, 0.25) is 0 Å². The van der Waals surface area contributed by atoms with Gasteiger partial charge in [-0.15, -0.1) is 0 Å². The lowest BCUT2D eigenvalue weighted by Crippen LogP contribution is -2.38. The predicted molar refractivity (Wildman–Crippen MR) is 74.8 cm³/mol. The third kappa shape index (κ3) is 9.89. The van der Waals surface area contributed by atoms with Gasteiger partial charge in [0.05, 0.1) is 19.1 Å². The number of aliphatic carboxylic acids is 1. The monoisotopic (exact) mass is 365 g/mol. The number of alkyl halides is 3. The summed E-state index contributed by atoms with van der Waals surface area (Å²) in [6, 6.07) is 1.70. The number of halogens is 3. The predicted octanol–water partition coefficient (Wildman–Crippen LogP) is -0.629. The van der Waals surface area contributed by atoms with E-state index in [4.69, 9.17) is 9.90 Å². The minimum Gasteiger partial charge on any atom is -0.542 e. The zero-order chi connectivity index (χ0) is 19.5. The minimum absolute atomic E-state index is 0.133. The Bertz CT molecular complexity index is 576. The van der Waals surface area contributed by atoms with E-state index in [1.165, 1.54) is 13.3 Å². The number of nitrogens with one attached hydrogen (secondary N) is 1. The molecule has 0 atom stereocenters. The number of carboxylic acid groups (broad SMARTS) is 1. The van der Waals surface area contributed by atoms with Crippen molar-refractivity contribution in [3.05, 3.63) is 24.0 Å². The van der Waals surface area contributed by atoms with Crippen LogP contribution in [0.25, 0.3) is 0 Å². The van der Waals surface area contributed by atoms with Gasteiger partial charge in [0.2, 0.25) is 0 Å². The van der Waals surface area contributed by atoms with Crippen LogP contribution in [-0.2, 0) is 20.9 Å². The summed E-state index contributed by atoms with van der Waals surface area (Å²) in [4.78, 5) is 31.2. The average Bonchev–Trinajstić information content (AvgIpc) is 2.55. The molecule has 1 amide bonds. The molecule has 1 aromatic rings. The van der Waals surface area contributed by atoms with E-state index in [0.29, 0.717) is 31.5 Å². The first-order valence-electron chi connectivity index (χ1n) is 7.10.